The molecule has 1 aromatic heterocycles. The number of hydrogen-bond donors (Lipinski definition) is 1. The van der Waals surface area contributed by atoms with Crippen LogP contribution in [-0.2, 0) is 23.5 Å². The Balaban J connectivity index is 2.44. The average molecular weight is 424 g/mol. The number of benzene rings is 1. The van der Waals surface area contributed by atoms with Crippen LogP contribution in [0.4, 0.5) is 5.69 Å². The van der Waals surface area contributed by atoms with E-state index in [9.17, 15) is 8.42 Å². The van der Waals surface area contributed by atoms with Crippen LogP contribution in [-0.4, -0.2) is 23.4 Å². The molecule has 0 aliphatic heterocycles. The summed E-state index contributed by atoms with van der Waals surface area (Å²) < 4.78 is 29.7. The van der Waals surface area contributed by atoms with Crippen LogP contribution >= 0.6 is 31.9 Å². The number of anilines is 1. The number of nitrogens with zero attached hydrogens (tertiary/aromatic N) is 3. The van der Waals surface area contributed by atoms with Crippen molar-refractivity contribution in [3.05, 3.63) is 32.8 Å². The van der Waals surface area contributed by atoms with Gasteiger partial charge in [-0.05, 0) is 46.1 Å². The largest absolute Gasteiger partial charge is 0.281 e. The first-order chi connectivity index (χ1) is 9.35. The Hall–Kier alpha value is -0.930. The van der Waals surface area contributed by atoms with Gasteiger partial charge in [0.15, 0.2) is 4.60 Å². The second-order valence-corrected chi connectivity index (χ2v) is 7.33. The molecule has 0 bridgehead atoms. The highest BCUT2D eigenvalue weighted by Gasteiger charge is 2.24. The first-order valence-corrected chi connectivity index (χ1v) is 8.78. The molecule has 0 radical (unpaired) electrons. The summed E-state index contributed by atoms with van der Waals surface area (Å²) in [5.41, 5.74) is 1.44. The monoisotopic (exact) mass is 422 g/mol. The molecule has 0 aliphatic carbocycles. The van der Waals surface area contributed by atoms with Crippen LogP contribution < -0.4 is 4.72 Å². The number of halogens is 2. The zero-order chi connectivity index (χ0) is 14.9. The third kappa shape index (κ3) is 3.04. The van der Waals surface area contributed by atoms with Crippen molar-refractivity contribution in [3.63, 3.8) is 0 Å². The SMILES string of the molecule is CCc1cc(Br)ccc1NS(=O)(=O)c1c(Br)nnn1C. The maximum absolute atomic E-state index is 12.4. The van der Waals surface area contributed by atoms with Gasteiger partial charge >= 0.3 is 0 Å². The summed E-state index contributed by atoms with van der Waals surface area (Å²) in [4.78, 5) is 0. The van der Waals surface area contributed by atoms with E-state index >= 15 is 0 Å². The third-order valence-electron chi connectivity index (χ3n) is 2.68. The highest BCUT2D eigenvalue weighted by Crippen LogP contribution is 2.26. The topological polar surface area (TPSA) is 76.9 Å². The number of rotatable bonds is 4. The molecule has 0 unspecified atom stereocenters. The third-order valence-corrected chi connectivity index (χ3v) is 5.43. The molecule has 1 aromatic carbocycles. The van der Waals surface area contributed by atoms with Gasteiger partial charge in [0.1, 0.15) is 0 Å². The Labute approximate surface area is 133 Å². The zero-order valence-corrected chi connectivity index (χ0v) is 14.7. The van der Waals surface area contributed by atoms with E-state index in [1.54, 1.807) is 12.1 Å². The Morgan fingerprint density at radius 1 is 1.35 bits per heavy atom. The molecule has 6 nitrogen and oxygen atoms in total. The lowest BCUT2D eigenvalue weighted by Gasteiger charge is -2.12. The van der Waals surface area contributed by atoms with Crippen LogP contribution in [0, 0.1) is 0 Å². The quantitative estimate of drug-likeness (QED) is 0.819. The molecule has 0 saturated heterocycles. The van der Waals surface area contributed by atoms with E-state index in [1.165, 1.54) is 11.7 Å². The van der Waals surface area contributed by atoms with Crippen molar-refractivity contribution in [2.24, 2.45) is 7.05 Å². The lowest BCUT2D eigenvalue weighted by Crippen LogP contribution is -2.18. The summed E-state index contributed by atoms with van der Waals surface area (Å²) in [7, 11) is -2.23. The number of sulfonamides is 1. The molecule has 0 fully saturated rings. The first-order valence-electron chi connectivity index (χ1n) is 5.71. The predicted octanol–water partition coefficient (Wildman–Crippen LogP) is 2.70. The zero-order valence-electron chi connectivity index (χ0n) is 10.8. The van der Waals surface area contributed by atoms with Gasteiger partial charge in [0.05, 0.1) is 5.69 Å². The average Bonchev–Trinajstić information content (AvgIpc) is 2.71. The molecule has 0 atom stereocenters. The maximum atomic E-state index is 12.4. The molecule has 20 heavy (non-hydrogen) atoms. The molecule has 0 aliphatic rings. The standard InChI is InChI=1S/C11H12Br2N4O2S/c1-3-7-6-8(12)4-5-9(7)15-20(18,19)11-10(13)14-16-17(11)2/h4-6,15H,3H2,1-2H3. The van der Waals surface area contributed by atoms with Crippen LogP contribution in [0.1, 0.15) is 12.5 Å². The summed E-state index contributed by atoms with van der Waals surface area (Å²) in [6.07, 6.45) is 0.710. The Morgan fingerprint density at radius 3 is 2.60 bits per heavy atom. The van der Waals surface area contributed by atoms with Crippen molar-refractivity contribution in [1.29, 1.82) is 0 Å². The fourth-order valence-corrected chi connectivity index (χ4v) is 4.36. The summed E-state index contributed by atoms with van der Waals surface area (Å²) in [6, 6.07) is 5.39. The van der Waals surface area contributed by atoms with Crippen molar-refractivity contribution in [3.8, 4) is 0 Å². The van der Waals surface area contributed by atoms with E-state index in [2.05, 4.69) is 46.9 Å². The number of hydrogen-bond acceptors (Lipinski definition) is 4. The molecule has 0 amide bonds. The molecule has 0 saturated carbocycles. The molecule has 1 N–H and O–H groups in total. The summed E-state index contributed by atoms with van der Waals surface area (Å²) in [5, 5.41) is 7.35. The number of nitrogens with one attached hydrogen (secondary N) is 1. The van der Waals surface area contributed by atoms with E-state index in [0.717, 1.165) is 10.0 Å². The highest BCUT2D eigenvalue weighted by molar-refractivity contribution is 9.10. The summed E-state index contributed by atoms with van der Waals surface area (Å²) in [6.45, 7) is 1.96. The Kier molecular flexibility index (Phi) is 4.50. The molecule has 0 spiro atoms. The van der Waals surface area contributed by atoms with Gasteiger partial charge in [-0.3, -0.25) is 4.72 Å². The molecule has 108 valence electrons. The first kappa shape index (κ1) is 15.5. The fraction of sp³-hybridized carbons (Fsp3) is 0.273. The molecule has 2 aromatic rings. The lowest BCUT2D eigenvalue weighted by atomic mass is 10.1. The van der Waals surface area contributed by atoms with Crippen LogP contribution in [0.2, 0.25) is 0 Å². The Morgan fingerprint density at radius 2 is 2.05 bits per heavy atom. The number of aromatic nitrogens is 3. The minimum atomic E-state index is -3.75. The smallest absolute Gasteiger partial charge is 0.278 e. The minimum absolute atomic E-state index is 0.0116. The van der Waals surface area contributed by atoms with Gasteiger partial charge in [-0.25, -0.2) is 4.68 Å². The van der Waals surface area contributed by atoms with Gasteiger partial charge in [-0.1, -0.05) is 28.1 Å². The van der Waals surface area contributed by atoms with Gasteiger partial charge in [-0.2, -0.15) is 8.42 Å². The summed E-state index contributed by atoms with van der Waals surface area (Å²) in [5.74, 6) is 0. The molecule has 2 rings (SSSR count). The second-order valence-electron chi connectivity index (χ2n) is 4.07. The van der Waals surface area contributed by atoms with E-state index in [4.69, 9.17) is 0 Å². The van der Waals surface area contributed by atoms with Crippen molar-refractivity contribution >= 4 is 47.6 Å². The Bertz CT molecular complexity index is 723. The minimum Gasteiger partial charge on any atom is -0.278 e. The molecular weight excluding hydrogens is 412 g/mol. The van der Waals surface area contributed by atoms with Crippen molar-refractivity contribution in [1.82, 2.24) is 15.0 Å². The molecule has 1 heterocycles. The van der Waals surface area contributed by atoms with E-state index in [-0.39, 0.29) is 9.63 Å². The van der Waals surface area contributed by atoms with Crippen LogP contribution in [0.15, 0.2) is 32.3 Å². The maximum Gasteiger partial charge on any atom is 0.281 e. The molecule has 9 heteroatoms. The van der Waals surface area contributed by atoms with Crippen LogP contribution in [0.25, 0.3) is 0 Å². The van der Waals surface area contributed by atoms with Crippen molar-refractivity contribution < 1.29 is 8.42 Å². The van der Waals surface area contributed by atoms with Crippen LogP contribution in [0.5, 0.6) is 0 Å². The highest BCUT2D eigenvalue weighted by atomic mass is 79.9. The van der Waals surface area contributed by atoms with Crippen molar-refractivity contribution in [2.75, 3.05) is 4.72 Å². The predicted molar refractivity (Wildman–Crippen MR) is 83.0 cm³/mol. The van der Waals surface area contributed by atoms with Gasteiger partial charge in [0.2, 0.25) is 5.03 Å². The van der Waals surface area contributed by atoms with Gasteiger partial charge < -0.3 is 0 Å². The van der Waals surface area contributed by atoms with Crippen LogP contribution in [0.3, 0.4) is 0 Å². The van der Waals surface area contributed by atoms with Gasteiger partial charge in [0.25, 0.3) is 10.0 Å². The fourth-order valence-electron chi connectivity index (χ4n) is 1.76. The summed E-state index contributed by atoms with van der Waals surface area (Å²) >= 11 is 6.46. The van der Waals surface area contributed by atoms with E-state index in [0.29, 0.717) is 12.1 Å². The number of aryl methyl sites for hydroxylation is 2. The lowest BCUT2D eigenvalue weighted by molar-refractivity contribution is 0.578. The normalized spacial score (nSPS) is 11.6. The molecular formula is C11H12Br2N4O2S. The van der Waals surface area contributed by atoms with Gasteiger partial charge in [0, 0.05) is 11.5 Å². The van der Waals surface area contributed by atoms with E-state index in [1.807, 2.05) is 13.0 Å². The second kappa shape index (κ2) is 5.82. The van der Waals surface area contributed by atoms with Gasteiger partial charge in [-0.15, -0.1) is 5.10 Å². The van der Waals surface area contributed by atoms with E-state index < -0.39 is 10.0 Å². The van der Waals surface area contributed by atoms with Crippen molar-refractivity contribution in [2.45, 2.75) is 18.4 Å².